The molecule has 0 saturated heterocycles. The molecule has 3 nitrogen and oxygen atoms in total. The number of halogens is 2. The predicted octanol–water partition coefficient (Wildman–Crippen LogP) is 3.65. The first-order valence-electron chi connectivity index (χ1n) is 5.82. The summed E-state index contributed by atoms with van der Waals surface area (Å²) in [4.78, 5) is 4.22. The monoisotopic (exact) mass is 362 g/mol. The van der Waals surface area contributed by atoms with Crippen LogP contribution in [0.3, 0.4) is 0 Å². The molecule has 1 fully saturated rings. The summed E-state index contributed by atoms with van der Waals surface area (Å²) in [7, 11) is 0. The smallest absolute Gasteiger partial charge is 0.228 e. The van der Waals surface area contributed by atoms with Gasteiger partial charge in [0.15, 0.2) is 0 Å². The van der Waals surface area contributed by atoms with E-state index in [1.54, 1.807) is 6.20 Å². The van der Waals surface area contributed by atoms with Crippen molar-refractivity contribution in [1.82, 2.24) is 4.98 Å². The molecule has 1 aromatic heterocycles. The summed E-state index contributed by atoms with van der Waals surface area (Å²) < 4.78 is 7.51. The van der Waals surface area contributed by atoms with Crippen LogP contribution in [0, 0.1) is 0 Å². The average molecular weight is 364 g/mol. The van der Waals surface area contributed by atoms with Crippen molar-refractivity contribution < 1.29 is 4.74 Å². The van der Waals surface area contributed by atoms with Crippen molar-refractivity contribution >= 4 is 31.9 Å². The Kier molecular flexibility index (Phi) is 4.44. The standard InChI is InChI=1S/C12H16Br2N2O/c13-9-6-10(14)11(16-7-9)17-8-12(15)4-2-1-3-5-12/h6-7H,1-5,8,15H2. The van der Waals surface area contributed by atoms with Crippen LogP contribution < -0.4 is 10.5 Å². The van der Waals surface area contributed by atoms with Crippen LogP contribution in [0.4, 0.5) is 0 Å². The van der Waals surface area contributed by atoms with E-state index in [9.17, 15) is 0 Å². The van der Waals surface area contributed by atoms with Crippen LogP contribution in [-0.2, 0) is 0 Å². The van der Waals surface area contributed by atoms with Crippen molar-refractivity contribution in [2.24, 2.45) is 5.73 Å². The van der Waals surface area contributed by atoms with E-state index in [2.05, 4.69) is 36.8 Å². The van der Waals surface area contributed by atoms with Gasteiger partial charge >= 0.3 is 0 Å². The third-order valence-corrected chi connectivity index (χ3v) is 4.12. The van der Waals surface area contributed by atoms with Crippen LogP contribution in [-0.4, -0.2) is 17.1 Å². The van der Waals surface area contributed by atoms with Gasteiger partial charge in [0.1, 0.15) is 6.61 Å². The van der Waals surface area contributed by atoms with Crippen molar-refractivity contribution in [2.45, 2.75) is 37.6 Å². The summed E-state index contributed by atoms with van der Waals surface area (Å²) in [5.74, 6) is 0.614. The van der Waals surface area contributed by atoms with E-state index in [-0.39, 0.29) is 5.54 Å². The summed E-state index contributed by atoms with van der Waals surface area (Å²) in [6.07, 6.45) is 7.51. The molecule has 0 aliphatic heterocycles. The summed E-state index contributed by atoms with van der Waals surface area (Å²) in [5, 5.41) is 0. The molecule has 0 atom stereocenters. The van der Waals surface area contributed by atoms with E-state index in [1.165, 1.54) is 19.3 Å². The molecule has 0 aromatic carbocycles. The lowest BCUT2D eigenvalue weighted by Gasteiger charge is -2.32. The van der Waals surface area contributed by atoms with Gasteiger partial charge in [-0.3, -0.25) is 0 Å². The van der Waals surface area contributed by atoms with Crippen LogP contribution in [0.15, 0.2) is 21.2 Å². The molecule has 0 bridgehead atoms. The lowest BCUT2D eigenvalue weighted by atomic mass is 9.83. The van der Waals surface area contributed by atoms with Gasteiger partial charge in [0.2, 0.25) is 5.88 Å². The summed E-state index contributed by atoms with van der Waals surface area (Å²) >= 11 is 6.79. The molecule has 1 aromatic rings. The number of pyridine rings is 1. The van der Waals surface area contributed by atoms with Gasteiger partial charge in [0.25, 0.3) is 0 Å². The number of ether oxygens (including phenoxy) is 1. The van der Waals surface area contributed by atoms with Crippen LogP contribution in [0.25, 0.3) is 0 Å². The summed E-state index contributed by atoms with van der Waals surface area (Å²) in [6, 6.07) is 1.92. The Hall–Kier alpha value is -0.130. The highest BCUT2D eigenvalue weighted by molar-refractivity contribution is 9.11. The lowest BCUT2D eigenvalue weighted by molar-refractivity contribution is 0.168. The highest BCUT2D eigenvalue weighted by Crippen LogP contribution is 2.29. The first-order chi connectivity index (χ1) is 8.09. The Morgan fingerprint density at radius 3 is 2.65 bits per heavy atom. The fourth-order valence-electron chi connectivity index (χ4n) is 2.12. The number of hydrogen-bond acceptors (Lipinski definition) is 3. The van der Waals surface area contributed by atoms with Gasteiger partial charge in [-0.15, -0.1) is 0 Å². The number of rotatable bonds is 3. The molecule has 0 radical (unpaired) electrons. The molecular weight excluding hydrogens is 348 g/mol. The summed E-state index contributed by atoms with van der Waals surface area (Å²) in [5.41, 5.74) is 6.14. The Morgan fingerprint density at radius 2 is 2.00 bits per heavy atom. The molecule has 0 amide bonds. The molecule has 17 heavy (non-hydrogen) atoms. The molecule has 1 heterocycles. The minimum atomic E-state index is -0.174. The zero-order valence-electron chi connectivity index (χ0n) is 9.59. The van der Waals surface area contributed by atoms with Crippen LogP contribution >= 0.6 is 31.9 Å². The average Bonchev–Trinajstić information content (AvgIpc) is 2.29. The van der Waals surface area contributed by atoms with Gasteiger partial charge in [-0.25, -0.2) is 4.98 Å². The van der Waals surface area contributed by atoms with Crippen molar-refractivity contribution in [3.63, 3.8) is 0 Å². The molecule has 2 rings (SSSR count). The molecule has 1 aliphatic carbocycles. The van der Waals surface area contributed by atoms with Crippen LogP contribution in [0.5, 0.6) is 5.88 Å². The normalized spacial score (nSPS) is 19.0. The second kappa shape index (κ2) is 5.67. The van der Waals surface area contributed by atoms with Gasteiger partial charge in [0.05, 0.1) is 10.0 Å². The van der Waals surface area contributed by atoms with E-state index < -0.39 is 0 Å². The second-order valence-corrected chi connectivity index (χ2v) is 6.42. The maximum atomic E-state index is 6.31. The van der Waals surface area contributed by atoms with Gasteiger partial charge < -0.3 is 10.5 Å². The molecule has 94 valence electrons. The van der Waals surface area contributed by atoms with Crippen molar-refractivity contribution in [2.75, 3.05) is 6.61 Å². The maximum Gasteiger partial charge on any atom is 0.228 e. The Morgan fingerprint density at radius 1 is 1.29 bits per heavy atom. The second-order valence-electron chi connectivity index (χ2n) is 4.65. The zero-order chi connectivity index (χ0) is 12.3. The highest BCUT2D eigenvalue weighted by Gasteiger charge is 2.28. The molecule has 1 saturated carbocycles. The molecule has 0 spiro atoms. The fraction of sp³-hybridized carbons (Fsp3) is 0.583. The van der Waals surface area contributed by atoms with Crippen molar-refractivity contribution in [3.05, 3.63) is 21.2 Å². The third kappa shape index (κ3) is 3.66. The molecular formula is C12H16Br2N2O. The van der Waals surface area contributed by atoms with Gasteiger partial charge in [0, 0.05) is 10.7 Å². The number of hydrogen-bond donors (Lipinski definition) is 1. The highest BCUT2D eigenvalue weighted by atomic mass is 79.9. The van der Waals surface area contributed by atoms with E-state index in [4.69, 9.17) is 10.5 Å². The van der Waals surface area contributed by atoms with Gasteiger partial charge in [-0.2, -0.15) is 0 Å². The van der Waals surface area contributed by atoms with Crippen LogP contribution in [0.2, 0.25) is 0 Å². The third-order valence-electron chi connectivity index (χ3n) is 3.12. The molecule has 5 heteroatoms. The lowest BCUT2D eigenvalue weighted by Crippen LogP contribution is -2.47. The minimum absolute atomic E-state index is 0.174. The number of nitrogens with two attached hydrogens (primary N) is 1. The molecule has 2 N–H and O–H groups in total. The Bertz CT molecular complexity index is 392. The summed E-state index contributed by atoms with van der Waals surface area (Å²) in [6.45, 7) is 0.542. The van der Waals surface area contributed by atoms with E-state index in [1.807, 2.05) is 6.07 Å². The largest absolute Gasteiger partial charge is 0.475 e. The molecule has 0 unspecified atom stereocenters. The van der Waals surface area contributed by atoms with Crippen LogP contribution in [0.1, 0.15) is 32.1 Å². The number of aromatic nitrogens is 1. The maximum absolute atomic E-state index is 6.31. The SMILES string of the molecule is NC1(COc2ncc(Br)cc2Br)CCCCC1. The van der Waals surface area contributed by atoms with Crippen molar-refractivity contribution in [3.8, 4) is 5.88 Å². The number of nitrogens with zero attached hydrogens (tertiary/aromatic N) is 1. The topological polar surface area (TPSA) is 48.1 Å². The van der Waals surface area contributed by atoms with Gasteiger partial charge in [-0.05, 0) is 50.8 Å². The first kappa shape index (κ1) is 13.3. The molecule has 1 aliphatic rings. The predicted molar refractivity (Wildman–Crippen MR) is 75.1 cm³/mol. The van der Waals surface area contributed by atoms with E-state index in [0.29, 0.717) is 12.5 Å². The van der Waals surface area contributed by atoms with E-state index >= 15 is 0 Å². The quantitative estimate of drug-likeness (QED) is 0.891. The minimum Gasteiger partial charge on any atom is -0.475 e. The van der Waals surface area contributed by atoms with Gasteiger partial charge in [-0.1, -0.05) is 19.3 Å². The first-order valence-corrected chi connectivity index (χ1v) is 7.40. The Balaban J connectivity index is 1.97. The van der Waals surface area contributed by atoms with E-state index in [0.717, 1.165) is 21.8 Å². The van der Waals surface area contributed by atoms with Crippen molar-refractivity contribution in [1.29, 1.82) is 0 Å². The zero-order valence-corrected chi connectivity index (χ0v) is 12.8. The fourth-order valence-corrected chi connectivity index (χ4v) is 3.22. The Labute approximate surface area is 118 Å².